The molecule has 1 atom stereocenters. The summed E-state index contributed by atoms with van der Waals surface area (Å²) in [7, 11) is 1.85. The van der Waals surface area contributed by atoms with Crippen LogP contribution >= 0.6 is 11.6 Å². The van der Waals surface area contributed by atoms with E-state index in [0.29, 0.717) is 37.0 Å². The molecule has 2 aromatic rings. The number of benzene rings is 1. The van der Waals surface area contributed by atoms with Crippen LogP contribution in [-0.2, 0) is 11.8 Å². The van der Waals surface area contributed by atoms with Gasteiger partial charge in [-0.05, 0) is 12.1 Å². The number of halogens is 1. The molecule has 4 rings (SSSR count). The maximum atomic E-state index is 12.9. The Bertz CT molecular complexity index is 816. The molecule has 6 nitrogen and oxygen atoms in total. The molecule has 7 heteroatoms. The first-order chi connectivity index (χ1) is 11.1. The molecule has 1 aromatic heterocycles. The number of piperazine rings is 1. The van der Waals surface area contributed by atoms with Crippen molar-refractivity contribution in [1.29, 1.82) is 0 Å². The van der Waals surface area contributed by atoms with Gasteiger partial charge in [-0.15, -0.1) is 0 Å². The van der Waals surface area contributed by atoms with Gasteiger partial charge >= 0.3 is 6.09 Å². The topological polar surface area (TPSA) is 54.8 Å². The fourth-order valence-corrected chi connectivity index (χ4v) is 3.72. The van der Waals surface area contributed by atoms with Crippen LogP contribution in [0.2, 0.25) is 5.02 Å². The van der Waals surface area contributed by atoms with Crippen LogP contribution in [-0.4, -0.2) is 58.7 Å². The van der Waals surface area contributed by atoms with Gasteiger partial charge < -0.3 is 14.2 Å². The van der Waals surface area contributed by atoms with Gasteiger partial charge in [-0.1, -0.05) is 23.7 Å². The monoisotopic (exact) mass is 333 g/mol. The number of para-hydroxylation sites is 1. The number of nitrogens with zero attached hydrogens (tertiary/aromatic N) is 3. The summed E-state index contributed by atoms with van der Waals surface area (Å²) >= 11 is 6.25. The average Bonchev–Trinajstić information content (AvgIpc) is 3.08. The zero-order valence-corrected chi connectivity index (χ0v) is 13.4. The van der Waals surface area contributed by atoms with E-state index in [1.165, 1.54) is 0 Å². The van der Waals surface area contributed by atoms with Crippen LogP contribution in [0, 0.1) is 0 Å². The molecule has 3 heterocycles. The number of ether oxygens (including phenoxy) is 1. The van der Waals surface area contributed by atoms with Gasteiger partial charge in [0.2, 0.25) is 0 Å². The number of hydrogen-bond donors (Lipinski definition) is 0. The van der Waals surface area contributed by atoms with E-state index in [0.717, 1.165) is 10.9 Å². The molecule has 2 aliphatic heterocycles. The van der Waals surface area contributed by atoms with Crippen molar-refractivity contribution in [1.82, 2.24) is 14.4 Å². The third kappa shape index (κ3) is 2.16. The van der Waals surface area contributed by atoms with Gasteiger partial charge in [-0.2, -0.15) is 0 Å². The highest BCUT2D eigenvalue weighted by atomic mass is 35.5. The Labute approximate surface area is 138 Å². The number of aromatic nitrogens is 1. The molecule has 0 aliphatic carbocycles. The van der Waals surface area contributed by atoms with Gasteiger partial charge in [0.25, 0.3) is 5.91 Å². The quantitative estimate of drug-likeness (QED) is 0.803. The summed E-state index contributed by atoms with van der Waals surface area (Å²) in [6.45, 7) is 1.88. The van der Waals surface area contributed by atoms with Crippen LogP contribution in [0.3, 0.4) is 0 Å². The zero-order chi connectivity index (χ0) is 16.1. The van der Waals surface area contributed by atoms with Gasteiger partial charge in [-0.3, -0.25) is 9.69 Å². The first-order valence-corrected chi connectivity index (χ1v) is 7.90. The van der Waals surface area contributed by atoms with Crippen LogP contribution in [0.15, 0.2) is 24.3 Å². The fraction of sp³-hybridized carbons (Fsp3) is 0.375. The largest absolute Gasteiger partial charge is 0.447 e. The lowest BCUT2D eigenvalue weighted by Crippen LogP contribution is -2.53. The SMILES string of the molecule is Cn1c(C(=O)N2CCN3C(=O)OCC3C2)cc2cccc(Cl)c21. The smallest absolute Gasteiger partial charge is 0.410 e. The van der Waals surface area contributed by atoms with Gasteiger partial charge in [0, 0.05) is 32.1 Å². The third-order valence-electron chi connectivity index (χ3n) is 4.63. The van der Waals surface area contributed by atoms with Gasteiger partial charge in [0.05, 0.1) is 16.6 Å². The molecule has 2 fully saturated rings. The van der Waals surface area contributed by atoms with Gasteiger partial charge in [0.1, 0.15) is 12.3 Å². The normalized spacial score (nSPS) is 20.8. The number of fused-ring (bicyclic) bond motifs is 2. The molecule has 2 amide bonds. The highest BCUT2D eigenvalue weighted by Gasteiger charge is 2.39. The van der Waals surface area contributed by atoms with Crippen molar-refractivity contribution in [2.45, 2.75) is 6.04 Å². The van der Waals surface area contributed by atoms with Crippen molar-refractivity contribution in [3.63, 3.8) is 0 Å². The number of rotatable bonds is 1. The second-order valence-electron chi connectivity index (χ2n) is 5.94. The molecule has 2 saturated heterocycles. The molecule has 0 spiro atoms. The minimum Gasteiger partial charge on any atom is -0.447 e. The van der Waals surface area contributed by atoms with Crippen LogP contribution in [0.4, 0.5) is 4.79 Å². The highest BCUT2D eigenvalue weighted by molar-refractivity contribution is 6.35. The number of cyclic esters (lactones) is 1. The molecule has 0 N–H and O–H groups in total. The first-order valence-electron chi connectivity index (χ1n) is 7.53. The maximum Gasteiger partial charge on any atom is 0.410 e. The molecule has 0 saturated carbocycles. The minimum atomic E-state index is -0.279. The predicted molar refractivity (Wildman–Crippen MR) is 85.7 cm³/mol. The molecule has 0 bridgehead atoms. The average molecular weight is 334 g/mol. The lowest BCUT2D eigenvalue weighted by molar-refractivity contribution is 0.0608. The summed E-state index contributed by atoms with van der Waals surface area (Å²) in [4.78, 5) is 27.9. The molecule has 1 unspecified atom stereocenters. The van der Waals surface area contributed by atoms with Crippen LogP contribution < -0.4 is 0 Å². The Morgan fingerprint density at radius 3 is 2.96 bits per heavy atom. The second-order valence-corrected chi connectivity index (χ2v) is 6.35. The summed E-state index contributed by atoms with van der Waals surface area (Å²) in [5.74, 6) is -0.0428. The summed E-state index contributed by atoms with van der Waals surface area (Å²) < 4.78 is 6.88. The zero-order valence-electron chi connectivity index (χ0n) is 12.7. The molecule has 120 valence electrons. The number of carbonyl (C=O) groups excluding carboxylic acids is 2. The number of aryl methyl sites for hydroxylation is 1. The number of hydrogen-bond acceptors (Lipinski definition) is 3. The second kappa shape index (κ2) is 5.16. The van der Waals surface area contributed by atoms with Crippen molar-refractivity contribution in [3.05, 3.63) is 35.0 Å². The van der Waals surface area contributed by atoms with E-state index in [-0.39, 0.29) is 18.0 Å². The molecule has 0 radical (unpaired) electrons. The Hall–Kier alpha value is -2.21. The Morgan fingerprint density at radius 1 is 1.35 bits per heavy atom. The van der Waals surface area contributed by atoms with Crippen molar-refractivity contribution in [3.8, 4) is 0 Å². The third-order valence-corrected chi connectivity index (χ3v) is 4.93. The summed E-state index contributed by atoms with van der Waals surface area (Å²) in [6.07, 6.45) is -0.279. The maximum absolute atomic E-state index is 12.9. The van der Waals surface area contributed by atoms with Gasteiger partial charge in [-0.25, -0.2) is 4.79 Å². The van der Waals surface area contributed by atoms with Crippen LogP contribution in [0.25, 0.3) is 10.9 Å². The summed E-state index contributed by atoms with van der Waals surface area (Å²) in [6, 6.07) is 7.46. The first kappa shape index (κ1) is 14.4. The van der Waals surface area contributed by atoms with E-state index in [4.69, 9.17) is 16.3 Å². The van der Waals surface area contributed by atoms with E-state index >= 15 is 0 Å². The van der Waals surface area contributed by atoms with Crippen molar-refractivity contribution < 1.29 is 14.3 Å². The number of carbonyl (C=O) groups is 2. The molecular formula is C16H16ClN3O3. The highest BCUT2D eigenvalue weighted by Crippen LogP contribution is 2.27. The number of amides is 2. The molecule has 1 aromatic carbocycles. The molecule has 23 heavy (non-hydrogen) atoms. The van der Waals surface area contributed by atoms with Crippen molar-refractivity contribution >= 4 is 34.5 Å². The Morgan fingerprint density at radius 2 is 2.17 bits per heavy atom. The minimum absolute atomic E-state index is 0.0428. The standard InChI is InChI=1S/C16H16ClN3O3/c1-18-13(7-10-3-2-4-12(17)14(10)18)15(21)19-5-6-20-11(8-19)9-23-16(20)22/h2-4,7,11H,5-6,8-9H2,1H3. The molecule has 2 aliphatic rings. The van der Waals surface area contributed by atoms with E-state index < -0.39 is 0 Å². The lowest BCUT2D eigenvalue weighted by Gasteiger charge is -2.35. The summed E-state index contributed by atoms with van der Waals surface area (Å²) in [5.41, 5.74) is 1.46. The van der Waals surface area contributed by atoms with Crippen molar-refractivity contribution in [2.24, 2.45) is 7.05 Å². The molecular weight excluding hydrogens is 318 g/mol. The van der Waals surface area contributed by atoms with Crippen molar-refractivity contribution in [2.75, 3.05) is 26.2 Å². The fourth-order valence-electron chi connectivity index (χ4n) is 3.41. The Balaban J connectivity index is 1.64. The van der Waals surface area contributed by atoms with E-state index in [9.17, 15) is 9.59 Å². The van der Waals surface area contributed by atoms with E-state index in [1.54, 1.807) is 9.80 Å². The van der Waals surface area contributed by atoms with Crippen LogP contribution in [0.5, 0.6) is 0 Å². The van der Waals surface area contributed by atoms with E-state index in [1.807, 2.05) is 35.9 Å². The van der Waals surface area contributed by atoms with E-state index in [2.05, 4.69) is 0 Å². The predicted octanol–water partition coefficient (Wildman–Crippen LogP) is 2.11. The lowest BCUT2D eigenvalue weighted by atomic mass is 10.2. The van der Waals surface area contributed by atoms with Crippen LogP contribution in [0.1, 0.15) is 10.5 Å². The Kier molecular flexibility index (Phi) is 3.23. The summed E-state index contributed by atoms with van der Waals surface area (Å²) in [5, 5.41) is 1.57. The van der Waals surface area contributed by atoms with Gasteiger partial charge in [0.15, 0.2) is 0 Å².